The fraction of sp³-hybridized carbons (Fsp3) is 0.238. The molecule has 1 aliphatic heterocycles. The number of nitrogens with zero attached hydrogens (tertiary/aromatic N) is 5. The van der Waals surface area contributed by atoms with Gasteiger partial charge in [-0.15, -0.1) is 5.10 Å². The first-order valence-corrected chi connectivity index (χ1v) is 10.2. The van der Waals surface area contributed by atoms with Crippen LogP contribution < -0.4 is 4.74 Å². The number of aromatic amines is 1. The summed E-state index contributed by atoms with van der Waals surface area (Å²) in [6, 6.07) is 8.61. The summed E-state index contributed by atoms with van der Waals surface area (Å²) in [5.74, 6) is 1.01. The molecule has 0 amide bonds. The van der Waals surface area contributed by atoms with Crippen LogP contribution in [0.2, 0.25) is 5.02 Å². The topological polar surface area (TPSA) is 81.5 Å². The van der Waals surface area contributed by atoms with Gasteiger partial charge in [-0.3, -0.25) is 10.1 Å². The van der Waals surface area contributed by atoms with Crippen LogP contribution in [0.3, 0.4) is 0 Å². The number of imidazole rings is 1. The average molecular weight is 461 g/mol. The van der Waals surface area contributed by atoms with Crippen molar-refractivity contribution in [2.45, 2.75) is 25.1 Å². The molecular weight excluding hydrogens is 445 g/mol. The Morgan fingerprint density at radius 1 is 1.16 bits per heavy atom. The largest absolute Gasteiger partial charge is 0.493 e. The lowest BCUT2D eigenvalue weighted by Crippen LogP contribution is -2.18. The summed E-state index contributed by atoms with van der Waals surface area (Å²) in [4.78, 5) is 8.66. The second-order valence-electron chi connectivity index (χ2n) is 7.43. The zero-order valence-corrected chi connectivity index (χ0v) is 17.2. The lowest BCUT2D eigenvalue weighted by atomic mass is 9.93. The van der Waals surface area contributed by atoms with Crippen LogP contribution in [-0.4, -0.2) is 36.6 Å². The first-order chi connectivity index (χ1) is 15.4. The SMILES string of the molecule is FC(F)(F)c1[nH]nnc1-c1ccnc(-c2cn(C[C@H]3CCOc4cc(Cl)ccc43)cn2)c1. The molecule has 1 aromatic carbocycles. The molecule has 0 saturated carbocycles. The summed E-state index contributed by atoms with van der Waals surface area (Å²) in [7, 11) is 0. The maximum Gasteiger partial charge on any atom is 0.435 e. The Morgan fingerprint density at radius 2 is 2.03 bits per heavy atom. The summed E-state index contributed by atoms with van der Waals surface area (Å²) in [5.41, 5.74) is 1.04. The van der Waals surface area contributed by atoms with E-state index in [4.69, 9.17) is 16.3 Å². The lowest BCUT2D eigenvalue weighted by Gasteiger charge is -2.26. The van der Waals surface area contributed by atoms with E-state index < -0.39 is 11.9 Å². The molecule has 0 bridgehead atoms. The normalized spacial score (nSPS) is 15.9. The van der Waals surface area contributed by atoms with E-state index in [1.165, 1.54) is 18.3 Å². The predicted octanol–water partition coefficient (Wildman–Crippen LogP) is 4.97. The van der Waals surface area contributed by atoms with Crippen molar-refractivity contribution in [3.63, 3.8) is 0 Å². The number of H-pyrrole nitrogens is 1. The molecule has 0 radical (unpaired) electrons. The molecule has 11 heteroatoms. The van der Waals surface area contributed by atoms with E-state index in [2.05, 4.69) is 20.3 Å². The smallest absolute Gasteiger partial charge is 0.435 e. The van der Waals surface area contributed by atoms with Crippen LogP contribution in [0.4, 0.5) is 13.2 Å². The summed E-state index contributed by atoms with van der Waals surface area (Å²) < 4.78 is 47.2. The minimum Gasteiger partial charge on any atom is -0.493 e. The number of alkyl halides is 3. The quantitative estimate of drug-likeness (QED) is 0.465. The zero-order valence-electron chi connectivity index (χ0n) is 16.5. The molecule has 0 unspecified atom stereocenters. The number of rotatable bonds is 4. The number of nitrogens with one attached hydrogen (secondary N) is 1. The van der Waals surface area contributed by atoms with Crippen molar-refractivity contribution >= 4 is 11.6 Å². The van der Waals surface area contributed by atoms with Gasteiger partial charge in [0.2, 0.25) is 0 Å². The number of fused-ring (bicyclic) bond motifs is 1. The molecule has 4 heterocycles. The third kappa shape index (κ3) is 3.93. The fourth-order valence-electron chi connectivity index (χ4n) is 3.82. The van der Waals surface area contributed by atoms with Crippen molar-refractivity contribution in [1.29, 1.82) is 0 Å². The molecule has 3 aromatic heterocycles. The van der Waals surface area contributed by atoms with Gasteiger partial charge in [0, 0.05) is 35.4 Å². The monoisotopic (exact) mass is 460 g/mol. The molecule has 0 aliphatic carbocycles. The average Bonchev–Trinajstić information content (AvgIpc) is 3.44. The fourth-order valence-corrected chi connectivity index (χ4v) is 3.98. The Morgan fingerprint density at radius 3 is 2.88 bits per heavy atom. The van der Waals surface area contributed by atoms with Crippen molar-refractivity contribution in [2.75, 3.05) is 6.61 Å². The van der Waals surface area contributed by atoms with Crippen LogP contribution >= 0.6 is 11.6 Å². The van der Waals surface area contributed by atoms with Crippen LogP contribution in [0, 0.1) is 0 Å². The van der Waals surface area contributed by atoms with Gasteiger partial charge in [-0.1, -0.05) is 22.9 Å². The van der Waals surface area contributed by atoms with Crippen LogP contribution in [-0.2, 0) is 12.7 Å². The molecule has 32 heavy (non-hydrogen) atoms. The van der Waals surface area contributed by atoms with Crippen molar-refractivity contribution in [1.82, 2.24) is 29.9 Å². The molecule has 1 N–H and O–H groups in total. The highest BCUT2D eigenvalue weighted by molar-refractivity contribution is 6.30. The zero-order chi connectivity index (χ0) is 22.3. The number of hydrogen-bond acceptors (Lipinski definition) is 5. The number of pyridine rings is 1. The van der Waals surface area contributed by atoms with E-state index in [0.717, 1.165) is 17.7 Å². The van der Waals surface area contributed by atoms with E-state index >= 15 is 0 Å². The highest BCUT2D eigenvalue weighted by Gasteiger charge is 2.37. The van der Waals surface area contributed by atoms with Crippen molar-refractivity contribution in [3.8, 4) is 28.4 Å². The maximum atomic E-state index is 13.2. The second-order valence-corrected chi connectivity index (χ2v) is 7.87. The van der Waals surface area contributed by atoms with Crippen LogP contribution in [0.1, 0.15) is 23.6 Å². The third-order valence-electron chi connectivity index (χ3n) is 5.33. The first kappa shape index (κ1) is 20.5. The Labute approximate surface area is 185 Å². The van der Waals surface area contributed by atoms with Gasteiger partial charge in [0.05, 0.1) is 18.6 Å². The Hall–Kier alpha value is -3.40. The highest BCUT2D eigenvalue weighted by atomic mass is 35.5. The third-order valence-corrected chi connectivity index (χ3v) is 5.57. The van der Waals surface area contributed by atoms with E-state index in [9.17, 15) is 13.2 Å². The number of hydrogen-bond donors (Lipinski definition) is 1. The molecule has 0 spiro atoms. The molecular formula is C21H16ClF3N6O. The Kier molecular flexibility index (Phi) is 5.09. The summed E-state index contributed by atoms with van der Waals surface area (Å²) in [6.45, 7) is 1.27. The molecule has 5 rings (SSSR count). The van der Waals surface area contributed by atoms with E-state index in [1.807, 2.05) is 34.1 Å². The summed E-state index contributed by atoms with van der Waals surface area (Å²) >= 11 is 6.07. The molecule has 1 atom stereocenters. The Bertz CT molecular complexity index is 1270. The van der Waals surface area contributed by atoms with E-state index in [0.29, 0.717) is 29.6 Å². The standard InChI is InChI=1S/C21H16ClF3N6O/c22-14-1-2-15-13(4-6-32-18(15)8-14)9-31-10-17(27-11-31)16-7-12(3-5-26-16)19-20(21(23,24)25)29-30-28-19/h1-3,5,7-8,10-11,13H,4,6,9H2,(H,28,29,30)/t13-/m1/s1. The van der Waals surface area contributed by atoms with Gasteiger partial charge in [-0.25, -0.2) is 4.98 Å². The maximum absolute atomic E-state index is 13.2. The lowest BCUT2D eigenvalue weighted by molar-refractivity contribution is -0.140. The first-order valence-electron chi connectivity index (χ1n) is 9.77. The van der Waals surface area contributed by atoms with Crippen molar-refractivity contribution in [2.24, 2.45) is 0 Å². The summed E-state index contributed by atoms with van der Waals surface area (Å²) in [6.07, 6.45) is 1.20. The molecule has 7 nitrogen and oxygen atoms in total. The van der Waals surface area contributed by atoms with E-state index in [1.54, 1.807) is 6.33 Å². The summed E-state index contributed by atoms with van der Waals surface area (Å²) in [5, 5.41) is 9.45. The predicted molar refractivity (Wildman–Crippen MR) is 110 cm³/mol. The minimum atomic E-state index is -4.59. The van der Waals surface area contributed by atoms with Crippen LogP contribution in [0.25, 0.3) is 22.6 Å². The minimum absolute atomic E-state index is 0.224. The van der Waals surface area contributed by atoms with Crippen LogP contribution in [0.5, 0.6) is 5.75 Å². The molecule has 4 aromatic rings. The molecule has 0 fully saturated rings. The number of ether oxygens (including phenoxy) is 1. The van der Waals surface area contributed by atoms with Gasteiger partial charge >= 0.3 is 6.18 Å². The van der Waals surface area contributed by atoms with Gasteiger partial charge in [-0.2, -0.15) is 13.2 Å². The van der Waals surface area contributed by atoms with Crippen LogP contribution in [0.15, 0.2) is 49.1 Å². The highest BCUT2D eigenvalue weighted by Crippen LogP contribution is 2.37. The van der Waals surface area contributed by atoms with Gasteiger partial charge in [-0.05, 0) is 36.2 Å². The van der Waals surface area contributed by atoms with E-state index in [-0.39, 0.29) is 17.2 Å². The van der Waals surface area contributed by atoms with Gasteiger partial charge in [0.1, 0.15) is 17.1 Å². The van der Waals surface area contributed by atoms with Crippen molar-refractivity contribution in [3.05, 3.63) is 65.3 Å². The van der Waals surface area contributed by atoms with Gasteiger partial charge < -0.3 is 9.30 Å². The number of benzene rings is 1. The molecule has 164 valence electrons. The second kappa shape index (κ2) is 7.94. The molecule has 1 aliphatic rings. The molecule has 0 saturated heterocycles. The van der Waals surface area contributed by atoms with Crippen molar-refractivity contribution < 1.29 is 17.9 Å². The Balaban J connectivity index is 1.40. The number of aromatic nitrogens is 6. The van der Waals surface area contributed by atoms with Gasteiger partial charge in [0.25, 0.3) is 0 Å². The van der Waals surface area contributed by atoms with Gasteiger partial charge in [0.15, 0.2) is 5.69 Å². The number of halogens is 4.